The first-order valence-corrected chi connectivity index (χ1v) is 6.77. The molecule has 4 nitrogen and oxygen atoms in total. The number of carbonyl (C=O) groups is 2. The Morgan fingerprint density at radius 1 is 1.30 bits per heavy atom. The summed E-state index contributed by atoms with van der Waals surface area (Å²) in [6.07, 6.45) is 5.66. The molecule has 1 unspecified atom stereocenters. The summed E-state index contributed by atoms with van der Waals surface area (Å²) in [4.78, 5) is 24.5. The van der Waals surface area contributed by atoms with Crippen LogP contribution in [0.25, 0.3) is 6.08 Å². The van der Waals surface area contributed by atoms with E-state index in [-0.39, 0.29) is 17.5 Å². The average Bonchev–Trinajstić information content (AvgIpc) is 3.28. The number of carbonyl (C=O) groups excluding carboxylic acids is 1. The molecule has 1 N–H and O–H groups in total. The Hall–Kier alpha value is -2.10. The van der Waals surface area contributed by atoms with Crippen LogP contribution in [0.4, 0.5) is 0 Å². The number of carboxylic acids is 1. The summed E-state index contributed by atoms with van der Waals surface area (Å²) in [6, 6.07) is 6.72. The van der Waals surface area contributed by atoms with Gasteiger partial charge in [0.1, 0.15) is 0 Å². The minimum Gasteiger partial charge on any atom is -0.478 e. The number of rotatable bonds is 5. The van der Waals surface area contributed by atoms with Gasteiger partial charge in [-0.2, -0.15) is 0 Å². The number of benzene rings is 1. The fraction of sp³-hybridized carbons (Fsp3) is 0.375. The van der Waals surface area contributed by atoms with Gasteiger partial charge in [-0.15, -0.1) is 0 Å². The van der Waals surface area contributed by atoms with Gasteiger partial charge >= 0.3 is 5.97 Å². The fourth-order valence-electron chi connectivity index (χ4n) is 2.12. The number of amides is 1. The molecule has 0 saturated heterocycles. The van der Waals surface area contributed by atoms with Crippen LogP contribution in [-0.4, -0.2) is 35.0 Å². The van der Waals surface area contributed by atoms with E-state index in [9.17, 15) is 9.59 Å². The lowest BCUT2D eigenvalue weighted by molar-refractivity contribution is -0.126. The van der Waals surface area contributed by atoms with E-state index in [1.165, 1.54) is 31.1 Å². The number of hydrogen-bond acceptors (Lipinski definition) is 2. The van der Waals surface area contributed by atoms with Crippen molar-refractivity contribution >= 4 is 18.0 Å². The molecule has 1 aromatic rings. The maximum atomic E-state index is 12.0. The van der Waals surface area contributed by atoms with E-state index in [0.29, 0.717) is 5.92 Å². The van der Waals surface area contributed by atoms with Gasteiger partial charge in [0, 0.05) is 19.2 Å². The molecule has 106 valence electrons. The van der Waals surface area contributed by atoms with Crippen molar-refractivity contribution in [3.63, 3.8) is 0 Å². The fourth-order valence-corrected chi connectivity index (χ4v) is 2.12. The summed E-state index contributed by atoms with van der Waals surface area (Å²) in [7, 11) is 1.82. The summed E-state index contributed by atoms with van der Waals surface area (Å²) in [5, 5.41) is 8.81. The quantitative estimate of drug-likeness (QED) is 0.839. The van der Waals surface area contributed by atoms with Crippen LogP contribution in [0, 0.1) is 5.92 Å². The third-order valence-corrected chi connectivity index (χ3v) is 3.84. The molecule has 0 radical (unpaired) electrons. The summed E-state index contributed by atoms with van der Waals surface area (Å²) in [5.74, 6) is -0.325. The van der Waals surface area contributed by atoms with Crippen LogP contribution in [0.1, 0.15) is 35.7 Å². The van der Waals surface area contributed by atoms with E-state index in [4.69, 9.17) is 5.11 Å². The van der Waals surface area contributed by atoms with Crippen molar-refractivity contribution in [2.75, 3.05) is 7.05 Å². The highest BCUT2D eigenvalue weighted by Gasteiger charge is 2.31. The number of carboxylic acid groups (broad SMARTS) is 1. The van der Waals surface area contributed by atoms with Gasteiger partial charge in [-0.25, -0.2) is 4.79 Å². The minimum atomic E-state index is -0.949. The predicted molar refractivity (Wildman–Crippen MR) is 77.4 cm³/mol. The maximum Gasteiger partial charge on any atom is 0.335 e. The first-order valence-electron chi connectivity index (χ1n) is 6.77. The van der Waals surface area contributed by atoms with Gasteiger partial charge < -0.3 is 10.0 Å². The molecule has 0 bridgehead atoms. The Kier molecular flexibility index (Phi) is 4.23. The lowest BCUT2D eigenvalue weighted by atomic mass is 10.1. The zero-order chi connectivity index (χ0) is 14.7. The monoisotopic (exact) mass is 273 g/mol. The van der Waals surface area contributed by atoms with Gasteiger partial charge in [0.05, 0.1) is 5.56 Å². The zero-order valence-corrected chi connectivity index (χ0v) is 11.7. The van der Waals surface area contributed by atoms with E-state index in [1.807, 2.05) is 7.05 Å². The van der Waals surface area contributed by atoms with Gasteiger partial charge in [-0.05, 0) is 49.5 Å². The molecule has 4 heteroatoms. The molecule has 1 aliphatic carbocycles. The number of likely N-dealkylation sites (N-methyl/N-ethyl adjacent to an activating group) is 1. The van der Waals surface area contributed by atoms with Crippen molar-refractivity contribution in [3.05, 3.63) is 41.5 Å². The second kappa shape index (κ2) is 5.90. The van der Waals surface area contributed by atoms with E-state index < -0.39 is 5.97 Å². The second-order valence-electron chi connectivity index (χ2n) is 5.29. The summed E-state index contributed by atoms with van der Waals surface area (Å²) >= 11 is 0. The van der Waals surface area contributed by atoms with E-state index >= 15 is 0 Å². The third-order valence-electron chi connectivity index (χ3n) is 3.84. The molecular weight excluding hydrogens is 254 g/mol. The zero-order valence-electron chi connectivity index (χ0n) is 11.7. The number of nitrogens with zero attached hydrogens (tertiary/aromatic N) is 1. The summed E-state index contributed by atoms with van der Waals surface area (Å²) in [6.45, 7) is 2.07. The van der Waals surface area contributed by atoms with Gasteiger partial charge in [0.2, 0.25) is 5.91 Å². The van der Waals surface area contributed by atoms with Crippen molar-refractivity contribution < 1.29 is 14.7 Å². The highest BCUT2D eigenvalue weighted by atomic mass is 16.4. The first-order chi connectivity index (χ1) is 9.49. The molecule has 1 fully saturated rings. The molecule has 1 aliphatic rings. The molecule has 0 aromatic heterocycles. The van der Waals surface area contributed by atoms with Crippen LogP contribution in [0.3, 0.4) is 0 Å². The highest BCUT2D eigenvalue weighted by Crippen LogP contribution is 2.34. The molecule has 1 aromatic carbocycles. The lowest BCUT2D eigenvalue weighted by Gasteiger charge is -2.23. The van der Waals surface area contributed by atoms with Crippen molar-refractivity contribution in [1.29, 1.82) is 0 Å². The van der Waals surface area contributed by atoms with Crippen molar-refractivity contribution in [1.82, 2.24) is 4.90 Å². The molecule has 1 amide bonds. The Labute approximate surface area is 118 Å². The van der Waals surface area contributed by atoms with Crippen molar-refractivity contribution in [3.8, 4) is 0 Å². The molecule has 0 heterocycles. The SMILES string of the molecule is CC(C1CC1)N(C)C(=O)C=Cc1ccc(C(=O)O)cc1. The molecule has 20 heavy (non-hydrogen) atoms. The van der Waals surface area contributed by atoms with Crippen LogP contribution >= 0.6 is 0 Å². The Balaban J connectivity index is 1.97. The van der Waals surface area contributed by atoms with Gasteiger partial charge in [-0.1, -0.05) is 12.1 Å². The van der Waals surface area contributed by atoms with Crippen LogP contribution in [-0.2, 0) is 4.79 Å². The van der Waals surface area contributed by atoms with Crippen LogP contribution in [0.2, 0.25) is 0 Å². The minimum absolute atomic E-state index is 0.0216. The molecule has 1 saturated carbocycles. The van der Waals surface area contributed by atoms with E-state index in [0.717, 1.165) is 5.56 Å². The predicted octanol–water partition coefficient (Wildman–Crippen LogP) is 2.65. The maximum absolute atomic E-state index is 12.0. The largest absolute Gasteiger partial charge is 0.478 e. The number of aromatic carboxylic acids is 1. The standard InChI is InChI=1S/C16H19NO3/c1-11(13-8-9-13)17(2)15(18)10-5-12-3-6-14(7-4-12)16(19)20/h3-7,10-11,13H,8-9H2,1-2H3,(H,19,20). The molecule has 1 atom stereocenters. The van der Waals surface area contributed by atoms with Crippen molar-refractivity contribution in [2.24, 2.45) is 5.92 Å². The molecule has 2 rings (SSSR count). The topological polar surface area (TPSA) is 57.6 Å². The Morgan fingerprint density at radius 2 is 1.90 bits per heavy atom. The summed E-state index contributed by atoms with van der Waals surface area (Å²) < 4.78 is 0. The molecule has 0 aliphatic heterocycles. The van der Waals surface area contributed by atoms with Crippen LogP contribution < -0.4 is 0 Å². The van der Waals surface area contributed by atoms with Crippen LogP contribution in [0.15, 0.2) is 30.3 Å². The Morgan fingerprint density at radius 3 is 2.40 bits per heavy atom. The van der Waals surface area contributed by atoms with Crippen molar-refractivity contribution in [2.45, 2.75) is 25.8 Å². The normalized spacial score (nSPS) is 16.1. The average molecular weight is 273 g/mol. The first kappa shape index (κ1) is 14.3. The lowest BCUT2D eigenvalue weighted by Crippen LogP contribution is -2.35. The molecule has 0 spiro atoms. The van der Waals surface area contributed by atoms with Gasteiger partial charge in [0.15, 0.2) is 0 Å². The highest BCUT2D eigenvalue weighted by molar-refractivity contribution is 5.92. The number of hydrogen-bond donors (Lipinski definition) is 1. The second-order valence-corrected chi connectivity index (χ2v) is 5.29. The van der Waals surface area contributed by atoms with Gasteiger partial charge in [-0.3, -0.25) is 4.79 Å². The third kappa shape index (κ3) is 3.47. The summed E-state index contributed by atoms with van der Waals surface area (Å²) in [5.41, 5.74) is 1.06. The van der Waals surface area contributed by atoms with E-state index in [1.54, 1.807) is 23.1 Å². The van der Waals surface area contributed by atoms with Crippen LogP contribution in [0.5, 0.6) is 0 Å². The van der Waals surface area contributed by atoms with E-state index in [2.05, 4.69) is 6.92 Å². The molecular formula is C16H19NO3. The van der Waals surface area contributed by atoms with Gasteiger partial charge in [0.25, 0.3) is 0 Å². The Bertz CT molecular complexity index is 529. The smallest absolute Gasteiger partial charge is 0.335 e.